The Labute approximate surface area is 75.8 Å². The molecule has 0 aliphatic carbocycles. The molecule has 0 saturated heterocycles. The molecule has 1 aromatic carbocycles. The zero-order chi connectivity index (χ0) is 9.14. The molecule has 0 spiro atoms. The highest BCUT2D eigenvalue weighted by Crippen LogP contribution is 2.18. The minimum Gasteiger partial charge on any atom is -0.206 e. The van der Waals surface area contributed by atoms with Crippen LogP contribution in [0, 0.1) is 5.82 Å². The fraction of sp³-hybridized carbons (Fsp3) is 0. The highest BCUT2D eigenvalue weighted by Gasteiger charge is 2.01. The molecule has 1 rings (SSSR count). The summed E-state index contributed by atoms with van der Waals surface area (Å²) in [5.74, 6) is -0.669. The van der Waals surface area contributed by atoms with Gasteiger partial charge >= 0.3 is 0 Å². The van der Waals surface area contributed by atoms with Crippen LogP contribution in [0.2, 0.25) is 0 Å². The third kappa shape index (κ3) is 2.37. The maximum Gasteiger partial charge on any atom is 0.271 e. The predicted octanol–water partition coefficient (Wildman–Crippen LogP) is 3.83. The number of benzene rings is 1. The van der Waals surface area contributed by atoms with Gasteiger partial charge in [-0.05, 0) is 12.1 Å². The van der Waals surface area contributed by atoms with Gasteiger partial charge in [-0.15, -0.1) is 0 Å². The largest absolute Gasteiger partial charge is 0.271 e. The standard InChI is InChI=1S/C8H4BrF3/c9-6-2-1-5(3-8(11)12)7(10)4-6/h1-4H/i11-1/b8-3-. The van der Waals surface area contributed by atoms with Gasteiger partial charge < -0.3 is 0 Å². The lowest BCUT2D eigenvalue weighted by atomic mass is 10.2. The van der Waals surface area contributed by atoms with Crippen LogP contribution in [0.5, 0.6) is 0 Å². The van der Waals surface area contributed by atoms with E-state index < -0.39 is 11.9 Å². The fourth-order valence-corrected chi connectivity index (χ4v) is 1.07. The lowest BCUT2D eigenvalue weighted by Crippen LogP contribution is -1.81. The molecule has 0 fully saturated rings. The molecule has 0 heterocycles. The molecule has 4 heteroatoms. The Balaban J connectivity index is 3.10. The van der Waals surface area contributed by atoms with Crippen molar-refractivity contribution in [1.29, 1.82) is 0 Å². The first-order valence-electron chi connectivity index (χ1n) is 3.07. The monoisotopic (exact) mass is 235 g/mol. The normalized spacial score (nSPS) is 11.8. The van der Waals surface area contributed by atoms with E-state index in [2.05, 4.69) is 15.9 Å². The van der Waals surface area contributed by atoms with Gasteiger partial charge in [0.15, 0.2) is 0 Å². The Bertz CT molecular complexity index is 316. The van der Waals surface area contributed by atoms with Gasteiger partial charge in [0, 0.05) is 16.1 Å². The fourth-order valence-electron chi connectivity index (χ4n) is 0.736. The third-order valence-electron chi connectivity index (χ3n) is 1.23. The highest BCUT2D eigenvalue weighted by atomic mass is 79.9. The summed E-state index contributed by atoms with van der Waals surface area (Å²) in [5, 5.41) is 0. The van der Waals surface area contributed by atoms with Gasteiger partial charge in [0.2, 0.25) is 0 Å². The molecular formula is C8H4BrF3. The summed E-state index contributed by atoms with van der Waals surface area (Å²) in [7, 11) is 0. The predicted molar refractivity (Wildman–Crippen MR) is 44.3 cm³/mol. The SMILES string of the molecule is F/C([18F])=C\c1ccc(Br)cc1F. The average Bonchev–Trinajstić information content (AvgIpc) is 1.94. The Morgan fingerprint density at radius 3 is 2.50 bits per heavy atom. The molecule has 0 amide bonds. The number of rotatable bonds is 1. The summed E-state index contributed by atoms with van der Waals surface area (Å²) in [6.45, 7) is 0. The highest BCUT2D eigenvalue weighted by molar-refractivity contribution is 9.10. The first kappa shape index (κ1) is 9.32. The van der Waals surface area contributed by atoms with Gasteiger partial charge in [0.25, 0.3) is 6.08 Å². The first-order valence-corrected chi connectivity index (χ1v) is 3.86. The molecule has 0 aromatic heterocycles. The van der Waals surface area contributed by atoms with E-state index in [1.807, 2.05) is 0 Å². The van der Waals surface area contributed by atoms with Crippen molar-refractivity contribution in [3.05, 3.63) is 40.1 Å². The molecule has 0 N–H and O–H groups in total. The molecule has 0 unspecified atom stereocenters. The topological polar surface area (TPSA) is 0 Å². The molecule has 0 bridgehead atoms. The van der Waals surface area contributed by atoms with Gasteiger partial charge in [-0.1, -0.05) is 22.0 Å². The number of hydrogen-bond donors (Lipinski definition) is 0. The van der Waals surface area contributed by atoms with E-state index in [1.165, 1.54) is 12.1 Å². The smallest absolute Gasteiger partial charge is 0.206 e. The van der Waals surface area contributed by atoms with Crippen LogP contribution >= 0.6 is 15.9 Å². The van der Waals surface area contributed by atoms with Crippen LogP contribution < -0.4 is 0 Å². The Hall–Kier alpha value is -0.770. The molecule has 0 atom stereocenters. The van der Waals surface area contributed by atoms with Gasteiger partial charge in [-0.3, -0.25) is 0 Å². The molecule has 0 nitrogen and oxygen atoms in total. The molecule has 0 saturated carbocycles. The molecule has 1 aromatic rings. The zero-order valence-corrected chi connectivity index (χ0v) is 7.41. The second-order valence-corrected chi connectivity index (χ2v) is 3.02. The summed E-state index contributed by atoms with van der Waals surface area (Å²) in [6, 6.07) is 3.91. The second-order valence-electron chi connectivity index (χ2n) is 2.10. The van der Waals surface area contributed by atoms with E-state index >= 15 is 0 Å². The minimum atomic E-state index is -1.91. The van der Waals surface area contributed by atoms with Crippen molar-refractivity contribution in [3.63, 3.8) is 0 Å². The summed E-state index contributed by atoms with van der Waals surface area (Å²) < 4.78 is 36.7. The van der Waals surface area contributed by atoms with Crippen LogP contribution in [0.25, 0.3) is 6.08 Å². The second kappa shape index (κ2) is 3.76. The first-order chi connectivity index (χ1) is 5.59. The van der Waals surface area contributed by atoms with Crippen molar-refractivity contribution < 1.29 is 13.2 Å². The van der Waals surface area contributed by atoms with Crippen LogP contribution in [0.15, 0.2) is 28.8 Å². The van der Waals surface area contributed by atoms with Crippen molar-refractivity contribution in [3.8, 4) is 0 Å². The number of hydrogen-bond acceptors (Lipinski definition) is 0. The third-order valence-corrected chi connectivity index (χ3v) is 1.72. The van der Waals surface area contributed by atoms with E-state index in [9.17, 15) is 13.2 Å². The Morgan fingerprint density at radius 1 is 1.33 bits per heavy atom. The summed E-state index contributed by atoms with van der Waals surface area (Å²) in [6.07, 6.45) is -1.42. The van der Waals surface area contributed by atoms with Crippen LogP contribution in [-0.4, -0.2) is 0 Å². The molecule has 0 radical (unpaired) electrons. The summed E-state index contributed by atoms with van der Waals surface area (Å²) >= 11 is 3.01. The van der Waals surface area contributed by atoms with E-state index in [4.69, 9.17) is 0 Å². The lowest BCUT2D eigenvalue weighted by molar-refractivity contribution is 0.429. The summed E-state index contributed by atoms with van der Waals surface area (Å²) in [5.41, 5.74) is -0.113. The molecule has 64 valence electrons. The van der Waals surface area contributed by atoms with E-state index in [-0.39, 0.29) is 5.56 Å². The maximum absolute atomic E-state index is 12.8. The van der Waals surface area contributed by atoms with Crippen molar-refractivity contribution in [2.75, 3.05) is 0 Å². The molecule has 12 heavy (non-hydrogen) atoms. The maximum atomic E-state index is 12.8. The quantitative estimate of drug-likeness (QED) is 0.695. The van der Waals surface area contributed by atoms with Gasteiger partial charge in [-0.2, -0.15) is 8.78 Å². The lowest BCUT2D eigenvalue weighted by Gasteiger charge is -1.95. The van der Waals surface area contributed by atoms with Crippen LogP contribution in [0.3, 0.4) is 0 Å². The van der Waals surface area contributed by atoms with Crippen molar-refractivity contribution in [2.24, 2.45) is 0 Å². The Kier molecular flexibility index (Phi) is 2.92. The van der Waals surface area contributed by atoms with Gasteiger partial charge in [-0.25, -0.2) is 4.39 Å². The van der Waals surface area contributed by atoms with Gasteiger partial charge in [0.1, 0.15) is 5.82 Å². The minimum absolute atomic E-state index is 0.113. The van der Waals surface area contributed by atoms with Crippen LogP contribution in [0.1, 0.15) is 5.56 Å². The van der Waals surface area contributed by atoms with Crippen LogP contribution in [0.4, 0.5) is 13.2 Å². The van der Waals surface area contributed by atoms with E-state index in [0.717, 1.165) is 6.07 Å². The Morgan fingerprint density at radius 2 is 2.00 bits per heavy atom. The van der Waals surface area contributed by atoms with E-state index in [0.29, 0.717) is 10.5 Å². The molecule has 0 aliphatic rings. The van der Waals surface area contributed by atoms with Crippen molar-refractivity contribution >= 4 is 22.0 Å². The summed E-state index contributed by atoms with van der Waals surface area (Å²) in [4.78, 5) is 0. The molecule has 0 aliphatic heterocycles. The van der Waals surface area contributed by atoms with E-state index in [1.54, 1.807) is 0 Å². The van der Waals surface area contributed by atoms with Crippen LogP contribution in [-0.2, 0) is 0 Å². The van der Waals surface area contributed by atoms with Crippen molar-refractivity contribution in [2.45, 2.75) is 0 Å². The zero-order valence-electron chi connectivity index (χ0n) is 5.82. The molecular weight excluding hydrogens is 232 g/mol. The number of halogens is 4. The van der Waals surface area contributed by atoms with Gasteiger partial charge in [0.05, 0.1) is 0 Å². The average molecular weight is 236 g/mol. The van der Waals surface area contributed by atoms with Crippen molar-refractivity contribution in [1.82, 2.24) is 0 Å².